The first-order chi connectivity index (χ1) is 12.1. The van der Waals surface area contributed by atoms with Crippen LogP contribution in [0.4, 0.5) is 8.78 Å². The number of hydrogen-bond acceptors (Lipinski definition) is 3. The number of aromatic nitrogens is 4. The molecule has 0 aliphatic carbocycles. The van der Waals surface area contributed by atoms with Crippen LogP contribution in [0.3, 0.4) is 0 Å². The molecule has 1 saturated heterocycles. The van der Waals surface area contributed by atoms with Gasteiger partial charge >= 0.3 is 0 Å². The van der Waals surface area contributed by atoms with Gasteiger partial charge in [-0.1, -0.05) is 11.6 Å². The first kappa shape index (κ1) is 16.2. The van der Waals surface area contributed by atoms with E-state index < -0.39 is 11.6 Å². The molecule has 3 aromatic rings. The number of fused-ring (bicyclic) bond motifs is 1. The standard InChI is InChI=1S/C17H15ClF2N4O/c18-12(17-22-15-8-13(19)14(20)9-16(15)23-17)7-11-1-4-21-24(11)10-2-5-25-6-3-10/h1,4,7-10H,2-3,5-6H2,(H,22,23). The van der Waals surface area contributed by atoms with Gasteiger partial charge in [0.15, 0.2) is 11.6 Å². The number of aromatic amines is 1. The maximum atomic E-state index is 13.3. The topological polar surface area (TPSA) is 55.7 Å². The Labute approximate surface area is 147 Å². The number of nitrogens with zero attached hydrogens (tertiary/aromatic N) is 3. The molecule has 1 aromatic carbocycles. The minimum absolute atomic E-state index is 0.262. The first-order valence-corrected chi connectivity index (χ1v) is 8.33. The predicted molar refractivity (Wildman–Crippen MR) is 91.1 cm³/mol. The lowest BCUT2D eigenvalue weighted by molar-refractivity contribution is 0.0661. The van der Waals surface area contributed by atoms with Gasteiger partial charge in [-0.05, 0) is 25.0 Å². The fraction of sp³-hybridized carbons (Fsp3) is 0.294. The number of nitrogens with one attached hydrogen (secondary N) is 1. The molecular weight excluding hydrogens is 350 g/mol. The minimum Gasteiger partial charge on any atom is -0.381 e. The number of H-pyrrole nitrogens is 1. The van der Waals surface area contributed by atoms with Crippen LogP contribution in [0.25, 0.3) is 22.1 Å². The Hall–Kier alpha value is -2.25. The molecule has 3 heterocycles. The van der Waals surface area contributed by atoms with Gasteiger partial charge in [0, 0.05) is 31.5 Å². The highest BCUT2D eigenvalue weighted by atomic mass is 35.5. The van der Waals surface area contributed by atoms with E-state index in [0.29, 0.717) is 35.1 Å². The van der Waals surface area contributed by atoms with E-state index >= 15 is 0 Å². The van der Waals surface area contributed by atoms with Gasteiger partial charge in [-0.25, -0.2) is 13.8 Å². The van der Waals surface area contributed by atoms with E-state index in [0.717, 1.165) is 30.7 Å². The third-order valence-electron chi connectivity index (χ3n) is 4.26. The number of rotatable bonds is 3. The molecule has 130 valence electrons. The van der Waals surface area contributed by atoms with E-state index in [1.807, 2.05) is 10.7 Å². The van der Waals surface area contributed by atoms with E-state index in [1.54, 1.807) is 12.3 Å². The lowest BCUT2D eigenvalue weighted by Crippen LogP contribution is -2.21. The summed E-state index contributed by atoms with van der Waals surface area (Å²) >= 11 is 6.37. The molecule has 1 aliphatic rings. The van der Waals surface area contributed by atoms with Crippen LogP contribution in [0.1, 0.15) is 30.4 Å². The normalized spacial score (nSPS) is 16.7. The van der Waals surface area contributed by atoms with Gasteiger partial charge in [-0.15, -0.1) is 0 Å². The summed E-state index contributed by atoms with van der Waals surface area (Å²) < 4.78 is 34.0. The van der Waals surface area contributed by atoms with Gasteiger partial charge in [0.25, 0.3) is 0 Å². The minimum atomic E-state index is -0.941. The van der Waals surface area contributed by atoms with Crippen molar-refractivity contribution in [1.82, 2.24) is 19.7 Å². The van der Waals surface area contributed by atoms with Crippen LogP contribution >= 0.6 is 11.6 Å². The van der Waals surface area contributed by atoms with E-state index in [1.165, 1.54) is 0 Å². The Kier molecular flexibility index (Phi) is 4.27. The van der Waals surface area contributed by atoms with Gasteiger partial charge in [-0.2, -0.15) is 5.10 Å². The molecule has 0 unspecified atom stereocenters. The van der Waals surface area contributed by atoms with Gasteiger partial charge in [0.05, 0.1) is 27.8 Å². The maximum Gasteiger partial charge on any atom is 0.161 e. The Morgan fingerprint density at radius 3 is 2.84 bits per heavy atom. The van der Waals surface area contributed by atoms with Crippen molar-refractivity contribution >= 4 is 33.7 Å². The summed E-state index contributed by atoms with van der Waals surface area (Å²) in [6.07, 6.45) is 5.25. The summed E-state index contributed by atoms with van der Waals surface area (Å²) in [6.45, 7) is 1.42. The van der Waals surface area contributed by atoms with Crippen LogP contribution in [-0.4, -0.2) is 33.0 Å². The molecule has 1 fully saturated rings. The third-order valence-corrected chi connectivity index (χ3v) is 4.55. The summed E-state index contributed by atoms with van der Waals surface area (Å²) in [7, 11) is 0. The third kappa shape index (κ3) is 3.17. The second kappa shape index (κ2) is 6.57. The lowest BCUT2D eigenvalue weighted by Gasteiger charge is -2.23. The molecule has 5 nitrogen and oxygen atoms in total. The zero-order chi connectivity index (χ0) is 17.4. The fourth-order valence-corrected chi connectivity index (χ4v) is 3.19. The number of ether oxygens (including phenoxy) is 1. The van der Waals surface area contributed by atoms with Crippen molar-refractivity contribution in [1.29, 1.82) is 0 Å². The Bertz CT molecular complexity index is 904. The summed E-state index contributed by atoms with van der Waals surface area (Å²) in [5.41, 5.74) is 1.55. The molecule has 0 radical (unpaired) electrons. The highest BCUT2D eigenvalue weighted by Gasteiger charge is 2.18. The van der Waals surface area contributed by atoms with Crippen LogP contribution in [0.15, 0.2) is 24.4 Å². The highest BCUT2D eigenvalue weighted by molar-refractivity contribution is 6.50. The Morgan fingerprint density at radius 1 is 1.28 bits per heavy atom. The van der Waals surface area contributed by atoms with Crippen LogP contribution in [0, 0.1) is 11.6 Å². The largest absolute Gasteiger partial charge is 0.381 e. The van der Waals surface area contributed by atoms with Crippen LogP contribution < -0.4 is 0 Å². The Balaban J connectivity index is 1.67. The van der Waals surface area contributed by atoms with Crippen LogP contribution in [-0.2, 0) is 4.74 Å². The van der Waals surface area contributed by atoms with Crippen molar-refractivity contribution in [3.05, 3.63) is 47.5 Å². The lowest BCUT2D eigenvalue weighted by atomic mass is 10.1. The van der Waals surface area contributed by atoms with E-state index in [-0.39, 0.29) is 6.04 Å². The predicted octanol–water partition coefficient (Wildman–Crippen LogP) is 4.13. The van der Waals surface area contributed by atoms with Crippen molar-refractivity contribution in [2.75, 3.05) is 13.2 Å². The average molecular weight is 365 g/mol. The monoisotopic (exact) mass is 364 g/mol. The molecule has 0 atom stereocenters. The van der Waals surface area contributed by atoms with Crippen molar-refractivity contribution in [3.63, 3.8) is 0 Å². The maximum absolute atomic E-state index is 13.3. The summed E-state index contributed by atoms with van der Waals surface area (Å²) in [5.74, 6) is -1.52. The van der Waals surface area contributed by atoms with Crippen LogP contribution in [0.2, 0.25) is 0 Å². The molecule has 25 heavy (non-hydrogen) atoms. The molecule has 0 bridgehead atoms. The zero-order valence-corrected chi connectivity index (χ0v) is 13.9. The quantitative estimate of drug-likeness (QED) is 0.760. The van der Waals surface area contributed by atoms with Gasteiger partial charge in [0.1, 0.15) is 5.82 Å². The fourth-order valence-electron chi connectivity index (χ4n) is 2.99. The molecule has 0 spiro atoms. The van der Waals surface area contributed by atoms with Crippen molar-refractivity contribution < 1.29 is 13.5 Å². The van der Waals surface area contributed by atoms with E-state index in [4.69, 9.17) is 16.3 Å². The Morgan fingerprint density at radius 2 is 2.04 bits per heavy atom. The van der Waals surface area contributed by atoms with Gasteiger partial charge in [-0.3, -0.25) is 4.68 Å². The van der Waals surface area contributed by atoms with Crippen LogP contribution in [0.5, 0.6) is 0 Å². The smallest absolute Gasteiger partial charge is 0.161 e. The average Bonchev–Trinajstić information content (AvgIpc) is 3.23. The molecular formula is C17H15ClF2N4O. The number of halogens is 3. The second-order valence-electron chi connectivity index (χ2n) is 5.91. The van der Waals surface area contributed by atoms with Gasteiger partial charge < -0.3 is 9.72 Å². The zero-order valence-electron chi connectivity index (χ0n) is 13.2. The molecule has 8 heteroatoms. The molecule has 4 rings (SSSR count). The summed E-state index contributed by atoms with van der Waals surface area (Å²) in [4.78, 5) is 7.13. The summed E-state index contributed by atoms with van der Waals surface area (Å²) in [6, 6.07) is 4.23. The van der Waals surface area contributed by atoms with Gasteiger partial charge in [0.2, 0.25) is 0 Å². The molecule has 0 saturated carbocycles. The summed E-state index contributed by atoms with van der Waals surface area (Å²) in [5, 5.41) is 4.72. The molecule has 0 amide bonds. The van der Waals surface area contributed by atoms with Crippen molar-refractivity contribution in [3.8, 4) is 0 Å². The first-order valence-electron chi connectivity index (χ1n) is 7.95. The molecule has 1 aliphatic heterocycles. The second-order valence-corrected chi connectivity index (χ2v) is 6.31. The number of imidazole rings is 1. The number of hydrogen-bond donors (Lipinski definition) is 1. The highest BCUT2D eigenvalue weighted by Crippen LogP contribution is 2.27. The van der Waals surface area contributed by atoms with E-state index in [2.05, 4.69) is 15.1 Å². The number of benzene rings is 1. The van der Waals surface area contributed by atoms with E-state index in [9.17, 15) is 8.78 Å². The SMILES string of the molecule is Fc1cc2nc(C(Cl)=Cc3ccnn3C3CCOCC3)[nH]c2cc1F. The van der Waals surface area contributed by atoms with Crippen molar-refractivity contribution in [2.45, 2.75) is 18.9 Å². The molecule has 1 N–H and O–H groups in total. The van der Waals surface area contributed by atoms with Crippen molar-refractivity contribution in [2.24, 2.45) is 0 Å². The molecule has 2 aromatic heterocycles.